The Morgan fingerprint density at radius 2 is 0.833 bits per heavy atom. The Morgan fingerprint density at radius 1 is 0.500 bits per heavy atom. The summed E-state index contributed by atoms with van der Waals surface area (Å²) in [7, 11) is 0. The van der Waals surface area contributed by atoms with Crippen molar-refractivity contribution in [3.63, 3.8) is 0 Å². The predicted octanol–water partition coefficient (Wildman–Crippen LogP) is 14.0. The van der Waals surface area contributed by atoms with Crippen LogP contribution in [0.4, 0.5) is 0 Å². The summed E-state index contributed by atoms with van der Waals surface area (Å²) >= 11 is 0. The first kappa shape index (κ1) is 62.9. The number of aliphatic hydroxyl groups is 5. The zero-order valence-electron chi connectivity index (χ0n) is 43.5. The van der Waals surface area contributed by atoms with E-state index in [0.717, 1.165) is 38.5 Å². The van der Waals surface area contributed by atoms with Crippen LogP contribution >= 0.6 is 0 Å². The minimum atomic E-state index is -1.56. The van der Waals surface area contributed by atoms with Gasteiger partial charge in [0, 0.05) is 6.42 Å². The van der Waals surface area contributed by atoms with Crippen LogP contribution < -0.4 is 5.32 Å². The van der Waals surface area contributed by atoms with Crippen molar-refractivity contribution in [3.8, 4) is 0 Å². The molecule has 0 radical (unpaired) electrons. The number of nitrogens with one attached hydrogen (secondary N) is 1. The molecule has 66 heavy (non-hydrogen) atoms. The van der Waals surface area contributed by atoms with Crippen LogP contribution in [0.3, 0.4) is 0 Å². The smallest absolute Gasteiger partial charge is 0.220 e. The summed E-state index contributed by atoms with van der Waals surface area (Å²) in [4.78, 5) is 13.0. The quantitative estimate of drug-likeness (QED) is 0.0261. The number of hydrogen-bond acceptors (Lipinski definition) is 8. The van der Waals surface area contributed by atoms with E-state index in [0.29, 0.717) is 6.42 Å². The molecule has 0 aromatic carbocycles. The molecule has 0 aliphatic carbocycles. The van der Waals surface area contributed by atoms with Gasteiger partial charge in [0.15, 0.2) is 6.29 Å². The van der Waals surface area contributed by atoms with Gasteiger partial charge in [-0.25, -0.2) is 0 Å². The molecule has 0 aromatic heterocycles. The molecule has 392 valence electrons. The predicted molar refractivity (Wildman–Crippen MR) is 277 cm³/mol. The highest BCUT2D eigenvalue weighted by molar-refractivity contribution is 5.76. The molecular formula is C57H111NO8. The third-order valence-electron chi connectivity index (χ3n) is 14.1. The van der Waals surface area contributed by atoms with Crippen molar-refractivity contribution in [2.24, 2.45) is 0 Å². The summed E-state index contributed by atoms with van der Waals surface area (Å²) < 4.78 is 11.2. The molecule has 9 nitrogen and oxygen atoms in total. The molecule has 7 unspecified atom stereocenters. The molecule has 0 aromatic rings. The van der Waals surface area contributed by atoms with Gasteiger partial charge >= 0.3 is 0 Å². The second kappa shape index (κ2) is 47.6. The van der Waals surface area contributed by atoms with E-state index in [2.05, 4.69) is 19.2 Å². The van der Waals surface area contributed by atoms with Gasteiger partial charge in [0.2, 0.25) is 5.91 Å². The number of hydrogen-bond donors (Lipinski definition) is 6. The van der Waals surface area contributed by atoms with Crippen molar-refractivity contribution in [2.75, 3.05) is 13.2 Å². The van der Waals surface area contributed by atoms with Crippen LogP contribution in [0, 0.1) is 0 Å². The molecule has 1 aliphatic rings. The van der Waals surface area contributed by atoms with Gasteiger partial charge in [-0.15, -0.1) is 0 Å². The second-order valence-corrected chi connectivity index (χ2v) is 20.5. The Bertz CT molecular complexity index is 1040. The third kappa shape index (κ3) is 36.9. The van der Waals surface area contributed by atoms with Crippen LogP contribution in [0.15, 0.2) is 12.2 Å². The molecule has 6 N–H and O–H groups in total. The first-order chi connectivity index (χ1) is 32.3. The van der Waals surface area contributed by atoms with Crippen molar-refractivity contribution < 1.29 is 39.8 Å². The second-order valence-electron chi connectivity index (χ2n) is 20.5. The molecule has 1 fully saturated rings. The van der Waals surface area contributed by atoms with Gasteiger partial charge in [-0.05, 0) is 19.3 Å². The monoisotopic (exact) mass is 938 g/mol. The maximum Gasteiger partial charge on any atom is 0.220 e. The molecule has 7 atom stereocenters. The van der Waals surface area contributed by atoms with Crippen molar-refractivity contribution >= 4 is 5.91 Å². The number of allylic oxidation sites excluding steroid dienone is 1. The Kier molecular flexibility index (Phi) is 45.4. The van der Waals surface area contributed by atoms with Gasteiger partial charge in [0.05, 0.1) is 25.4 Å². The average molecular weight is 939 g/mol. The maximum absolute atomic E-state index is 13.0. The summed E-state index contributed by atoms with van der Waals surface area (Å²) in [5, 5.41) is 54.4. The SMILES string of the molecule is CCCCCCCCCCCCCCCCCCCCCCCCCCCCCCCC/C=C/C(O)C(COC1OC(CO)C(O)C(O)C1O)NC(=O)CCCCCCCCCCCCC. The topological polar surface area (TPSA) is 149 Å². The van der Waals surface area contributed by atoms with Gasteiger partial charge in [0.1, 0.15) is 24.4 Å². The van der Waals surface area contributed by atoms with E-state index < -0.39 is 49.5 Å². The number of ether oxygens (including phenoxy) is 2. The fourth-order valence-electron chi connectivity index (χ4n) is 9.51. The first-order valence-electron chi connectivity index (χ1n) is 28.9. The number of carbonyl (C=O) groups is 1. The number of amides is 1. The van der Waals surface area contributed by atoms with E-state index in [1.54, 1.807) is 6.08 Å². The van der Waals surface area contributed by atoms with Gasteiger partial charge in [-0.3, -0.25) is 4.79 Å². The van der Waals surface area contributed by atoms with Crippen LogP contribution in [-0.4, -0.2) is 87.5 Å². The molecule has 0 saturated carbocycles. The molecular weight excluding hydrogens is 827 g/mol. The minimum Gasteiger partial charge on any atom is -0.394 e. The standard InChI is InChI=1S/C57H111NO8/c1-3-5-7-9-11-13-15-16-17-18-19-20-21-22-23-24-25-26-27-28-29-30-31-32-33-34-35-37-38-40-42-44-46-51(60)50(49-65-57-56(64)55(63)54(62)52(48-59)66-57)58-53(61)47-45-43-41-39-36-14-12-10-8-6-4-2/h44,46,50-52,54-57,59-60,62-64H,3-43,45,47-49H2,1-2H3,(H,58,61)/b46-44+. The zero-order valence-corrected chi connectivity index (χ0v) is 43.5. The van der Waals surface area contributed by atoms with E-state index >= 15 is 0 Å². The van der Waals surface area contributed by atoms with Crippen LogP contribution in [-0.2, 0) is 14.3 Å². The van der Waals surface area contributed by atoms with E-state index in [1.807, 2.05) is 6.08 Å². The van der Waals surface area contributed by atoms with E-state index in [-0.39, 0.29) is 12.5 Å². The maximum atomic E-state index is 13.0. The lowest BCUT2D eigenvalue weighted by Crippen LogP contribution is -2.60. The highest BCUT2D eigenvalue weighted by Gasteiger charge is 2.44. The van der Waals surface area contributed by atoms with Crippen molar-refractivity contribution in [2.45, 2.75) is 333 Å². The van der Waals surface area contributed by atoms with Gasteiger partial charge in [-0.2, -0.15) is 0 Å². The number of unbranched alkanes of at least 4 members (excludes halogenated alkanes) is 40. The third-order valence-corrected chi connectivity index (χ3v) is 14.1. The lowest BCUT2D eigenvalue weighted by Gasteiger charge is -2.40. The average Bonchev–Trinajstić information content (AvgIpc) is 3.32. The molecule has 9 heteroatoms. The molecule has 1 saturated heterocycles. The summed E-state index contributed by atoms with van der Waals surface area (Å²) in [6.07, 6.45) is 51.6. The number of aliphatic hydroxyl groups excluding tert-OH is 5. The Morgan fingerprint density at radius 3 is 1.18 bits per heavy atom. The summed E-state index contributed by atoms with van der Waals surface area (Å²) in [6, 6.07) is -0.799. The lowest BCUT2D eigenvalue weighted by molar-refractivity contribution is -0.302. The van der Waals surface area contributed by atoms with Gasteiger partial charge < -0.3 is 40.3 Å². The van der Waals surface area contributed by atoms with Crippen LogP contribution in [0.25, 0.3) is 0 Å². The van der Waals surface area contributed by atoms with Gasteiger partial charge in [-0.1, -0.05) is 276 Å². The Hall–Kier alpha value is -1.07. The van der Waals surface area contributed by atoms with Gasteiger partial charge in [0.25, 0.3) is 0 Å². The molecule has 0 spiro atoms. The van der Waals surface area contributed by atoms with Crippen molar-refractivity contribution in [3.05, 3.63) is 12.2 Å². The van der Waals surface area contributed by atoms with Crippen molar-refractivity contribution in [1.29, 1.82) is 0 Å². The number of rotatable bonds is 50. The van der Waals surface area contributed by atoms with E-state index in [4.69, 9.17) is 9.47 Å². The molecule has 0 bridgehead atoms. The fourth-order valence-corrected chi connectivity index (χ4v) is 9.51. The van der Waals surface area contributed by atoms with Crippen LogP contribution in [0.1, 0.15) is 290 Å². The minimum absolute atomic E-state index is 0.174. The summed E-state index contributed by atoms with van der Waals surface area (Å²) in [6.45, 7) is 3.79. The molecule has 1 aliphatic heterocycles. The molecule has 1 amide bonds. The Balaban J connectivity index is 2.11. The van der Waals surface area contributed by atoms with Crippen LogP contribution in [0.2, 0.25) is 0 Å². The zero-order chi connectivity index (χ0) is 48.0. The normalized spacial score (nSPS) is 19.8. The fraction of sp³-hybridized carbons (Fsp3) is 0.947. The van der Waals surface area contributed by atoms with Crippen molar-refractivity contribution in [1.82, 2.24) is 5.32 Å². The van der Waals surface area contributed by atoms with E-state index in [1.165, 1.54) is 231 Å². The highest BCUT2D eigenvalue weighted by Crippen LogP contribution is 2.23. The number of carbonyl (C=O) groups excluding carboxylic acids is 1. The summed E-state index contributed by atoms with van der Waals surface area (Å²) in [5.74, 6) is -0.174. The lowest BCUT2D eigenvalue weighted by atomic mass is 9.99. The molecule has 1 heterocycles. The largest absolute Gasteiger partial charge is 0.394 e. The highest BCUT2D eigenvalue weighted by atomic mass is 16.7. The Labute approximate surface area is 407 Å². The molecule has 1 rings (SSSR count). The van der Waals surface area contributed by atoms with Crippen LogP contribution in [0.5, 0.6) is 0 Å². The summed E-state index contributed by atoms with van der Waals surface area (Å²) in [5.41, 5.74) is 0. The van der Waals surface area contributed by atoms with E-state index in [9.17, 15) is 30.3 Å². The first-order valence-corrected chi connectivity index (χ1v) is 28.9.